The molecule has 1 aliphatic rings. The normalized spacial score (nSPS) is 14.9. The molecule has 0 aromatic heterocycles. The van der Waals surface area contributed by atoms with E-state index in [1.165, 1.54) is 4.90 Å². The van der Waals surface area contributed by atoms with Gasteiger partial charge in [0.15, 0.2) is 0 Å². The highest BCUT2D eigenvalue weighted by atomic mass is 35.5. The number of benzene rings is 1. The Kier molecular flexibility index (Phi) is 14.3. The van der Waals surface area contributed by atoms with Gasteiger partial charge in [-0.25, -0.2) is 9.89 Å². The molecule has 0 saturated heterocycles. The van der Waals surface area contributed by atoms with Crippen molar-refractivity contribution in [3.05, 3.63) is 52.3 Å². The van der Waals surface area contributed by atoms with Crippen molar-refractivity contribution in [2.24, 2.45) is 27.9 Å². The SMILES string of the molecule is CCCC(N=C(N)N1C(N)=C(Cl)NC(C(N)=O)=C1N)c1ccc(OCCOCCOCCOCCOC)cc1. The van der Waals surface area contributed by atoms with E-state index in [9.17, 15) is 4.79 Å². The third-order valence-electron chi connectivity index (χ3n) is 5.46. The Hall–Kier alpha value is -3.23. The maximum atomic E-state index is 11.7. The van der Waals surface area contributed by atoms with Crippen LogP contribution in [0.25, 0.3) is 0 Å². The van der Waals surface area contributed by atoms with E-state index in [1.54, 1.807) is 7.11 Å². The monoisotopic (exact) mass is 569 g/mol. The second-order valence-corrected chi connectivity index (χ2v) is 8.70. The van der Waals surface area contributed by atoms with Crippen molar-refractivity contribution in [2.45, 2.75) is 25.8 Å². The number of hydrogen-bond acceptors (Lipinski definition) is 10. The maximum Gasteiger partial charge on any atom is 0.268 e. The first-order valence-electron chi connectivity index (χ1n) is 12.6. The van der Waals surface area contributed by atoms with E-state index in [-0.39, 0.29) is 34.5 Å². The quantitative estimate of drug-likeness (QED) is 0.0724. The van der Waals surface area contributed by atoms with Crippen molar-refractivity contribution < 1.29 is 28.5 Å². The van der Waals surface area contributed by atoms with Gasteiger partial charge in [-0.3, -0.25) is 4.79 Å². The fourth-order valence-corrected chi connectivity index (χ4v) is 3.68. The second-order valence-electron chi connectivity index (χ2n) is 8.32. The molecule has 1 aliphatic heterocycles. The average molecular weight is 570 g/mol. The van der Waals surface area contributed by atoms with E-state index in [0.29, 0.717) is 65.0 Å². The number of primary amides is 1. The van der Waals surface area contributed by atoms with Crippen LogP contribution in [0.4, 0.5) is 0 Å². The molecule has 0 bridgehead atoms. The molecule has 14 heteroatoms. The number of nitrogens with two attached hydrogens (primary N) is 4. The van der Waals surface area contributed by atoms with Crippen LogP contribution in [-0.2, 0) is 23.7 Å². The van der Waals surface area contributed by atoms with Gasteiger partial charge in [-0.15, -0.1) is 0 Å². The van der Waals surface area contributed by atoms with Crippen molar-refractivity contribution in [2.75, 3.05) is 60.0 Å². The molecule has 1 amide bonds. The van der Waals surface area contributed by atoms with E-state index in [0.717, 1.165) is 12.0 Å². The number of guanidine groups is 1. The van der Waals surface area contributed by atoms with Crippen molar-refractivity contribution in [3.63, 3.8) is 0 Å². The van der Waals surface area contributed by atoms with Crippen LogP contribution in [0.3, 0.4) is 0 Å². The summed E-state index contributed by atoms with van der Waals surface area (Å²) in [6.45, 7) is 5.97. The van der Waals surface area contributed by atoms with Crippen LogP contribution in [0.1, 0.15) is 31.4 Å². The van der Waals surface area contributed by atoms with Gasteiger partial charge in [0.2, 0.25) is 5.96 Å². The Bertz CT molecular complexity index is 1000. The number of halogens is 1. The zero-order valence-corrected chi connectivity index (χ0v) is 23.2. The Balaban J connectivity index is 1.86. The largest absolute Gasteiger partial charge is 0.491 e. The number of nitrogens with one attached hydrogen (secondary N) is 1. The predicted molar refractivity (Wildman–Crippen MR) is 148 cm³/mol. The number of nitrogens with zero attached hydrogens (tertiary/aromatic N) is 2. The number of hydrogen-bond donors (Lipinski definition) is 5. The fourth-order valence-electron chi connectivity index (χ4n) is 3.50. The van der Waals surface area contributed by atoms with E-state index in [4.69, 9.17) is 58.2 Å². The molecule has 1 aromatic rings. The second kappa shape index (κ2) is 17.4. The maximum absolute atomic E-state index is 11.7. The van der Waals surface area contributed by atoms with Crippen LogP contribution < -0.4 is 33.0 Å². The van der Waals surface area contributed by atoms with Gasteiger partial charge in [-0.1, -0.05) is 37.1 Å². The lowest BCUT2D eigenvalue weighted by atomic mass is 10.0. The van der Waals surface area contributed by atoms with Crippen LogP contribution in [-0.4, -0.2) is 76.7 Å². The highest BCUT2D eigenvalue weighted by molar-refractivity contribution is 6.30. The predicted octanol–water partition coefficient (Wildman–Crippen LogP) is 0.760. The Morgan fingerprint density at radius 2 is 1.51 bits per heavy atom. The molecule has 0 radical (unpaired) electrons. The molecule has 1 aromatic carbocycles. The summed E-state index contributed by atoms with van der Waals surface area (Å²) in [4.78, 5) is 17.5. The van der Waals surface area contributed by atoms with Gasteiger partial charge in [-0.05, 0) is 24.1 Å². The number of amides is 1. The Morgan fingerprint density at radius 1 is 0.949 bits per heavy atom. The lowest BCUT2D eigenvalue weighted by Gasteiger charge is -2.31. The number of carbonyl (C=O) groups excluding carboxylic acids is 1. The van der Waals surface area contributed by atoms with Gasteiger partial charge < -0.3 is 51.9 Å². The molecule has 0 spiro atoms. The summed E-state index contributed by atoms with van der Waals surface area (Å²) in [5.41, 5.74) is 24.5. The molecule has 0 saturated carbocycles. The molecule has 2 rings (SSSR count). The van der Waals surface area contributed by atoms with E-state index >= 15 is 0 Å². The highest BCUT2D eigenvalue weighted by Crippen LogP contribution is 2.27. The number of aliphatic imine (C=N–C) groups is 1. The van der Waals surface area contributed by atoms with E-state index < -0.39 is 5.91 Å². The summed E-state index contributed by atoms with van der Waals surface area (Å²) in [6, 6.07) is 7.23. The lowest BCUT2D eigenvalue weighted by molar-refractivity contribution is -0.115. The average Bonchev–Trinajstić information content (AvgIpc) is 2.91. The van der Waals surface area contributed by atoms with Gasteiger partial charge in [0.25, 0.3) is 5.91 Å². The first-order valence-corrected chi connectivity index (χ1v) is 13.0. The third kappa shape index (κ3) is 10.5. The number of carbonyl (C=O) groups is 1. The summed E-state index contributed by atoms with van der Waals surface area (Å²) >= 11 is 6.11. The van der Waals surface area contributed by atoms with Crippen molar-refractivity contribution >= 4 is 23.5 Å². The first kappa shape index (κ1) is 32.0. The molecular formula is C25H40ClN7O6. The van der Waals surface area contributed by atoms with Crippen LogP contribution in [0.5, 0.6) is 5.75 Å². The minimum absolute atomic E-state index is 0.000146. The molecule has 1 unspecified atom stereocenters. The molecule has 0 fully saturated rings. The Morgan fingerprint density at radius 3 is 2.05 bits per heavy atom. The zero-order valence-electron chi connectivity index (χ0n) is 22.5. The number of rotatable bonds is 18. The van der Waals surface area contributed by atoms with Gasteiger partial charge in [0.1, 0.15) is 34.9 Å². The van der Waals surface area contributed by atoms with Gasteiger partial charge >= 0.3 is 0 Å². The molecule has 1 heterocycles. The standard InChI is InChI=1S/C25H40ClN7O6/c1-3-4-19(31-25(30)33-22(27)20(24(29)34)32-21(26)23(33)28)17-5-7-18(8-6-17)39-16-15-38-14-13-37-12-11-36-10-9-35-2/h5-8,19,32H,3-4,9-16,27-28H2,1-2H3,(H2,29,34)(H2,30,31). The van der Waals surface area contributed by atoms with Crippen molar-refractivity contribution in [1.29, 1.82) is 0 Å². The van der Waals surface area contributed by atoms with Crippen molar-refractivity contribution in [1.82, 2.24) is 10.2 Å². The van der Waals surface area contributed by atoms with Gasteiger partial charge in [0, 0.05) is 7.11 Å². The molecule has 39 heavy (non-hydrogen) atoms. The fraction of sp³-hybridized carbons (Fsp3) is 0.520. The Labute approximate surface area is 234 Å². The van der Waals surface area contributed by atoms with Crippen LogP contribution >= 0.6 is 11.6 Å². The smallest absolute Gasteiger partial charge is 0.268 e. The number of ether oxygens (including phenoxy) is 5. The summed E-state index contributed by atoms with van der Waals surface area (Å²) in [5, 5.41) is 2.53. The molecule has 1 atom stereocenters. The van der Waals surface area contributed by atoms with Gasteiger partial charge in [0.05, 0.1) is 52.3 Å². The molecule has 0 aliphatic carbocycles. The van der Waals surface area contributed by atoms with Crippen LogP contribution in [0.15, 0.2) is 51.8 Å². The summed E-state index contributed by atoms with van der Waals surface area (Å²) in [6.07, 6.45) is 1.54. The van der Waals surface area contributed by atoms with E-state index in [1.807, 2.05) is 31.2 Å². The molecule has 13 nitrogen and oxygen atoms in total. The summed E-state index contributed by atoms with van der Waals surface area (Å²) < 4.78 is 26.9. The van der Waals surface area contributed by atoms with Crippen LogP contribution in [0.2, 0.25) is 0 Å². The van der Waals surface area contributed by atoms with E-state index in [2.05, 4.69) is 10.3 Å². The zero-order chi connectivity index (χ0) is 28.6. The third-order valence-corrected chi connectivity index (χ3v) is 5.75. The highest BCUT2D eigenvalue weighted by Gasteiger charge is 2.29. The van der Waals surface area contributed by atoms with Crippen LogP contribution in [0, 0.1) is 0 Å². The summed E-state index contributed by atoms with van der Waals surface area (Å²) in [7, 11) is 1.63. The minimum Gasteiger partial charge on any atom is -0.491 e. The van der Waals surface area contributed by atoms with Crippen molar-refractivity contribution in [3.8, 4) is 5.75 Å². The molecular weight excluding hydrogens is 530 g/mol. The topological polar surface area (TPSA) is 195 Å². The summed E-state index contributed by atoms with van der Waals surface area (Å²) in [5.74, 6) is -0.235. The first-order chi connectivity index (χ1) is 18.8. The molecule has 218 valence electrons. The minimum atomic E-state index is -0.810. The number of methoxy groups -OCH3 is 1. The molecule has 9 N–H and O–H groups in total. The lowest BCUT2D eigenvalue weighted by Crippen LogP contribution is -2.49. The van der Waals surface area contributed by atoms with Gasteiger partial charge in [-0.2, -0.15) is 0 Å².